The molecule has 0 radical (unpaired) electrons. The summed E-state index contributed by atoms with van der Waals surface area (Å²) in [4.78, 5) is 14.2. The normalized spacial score (nSPS) is 12.4. The van der Waals surface area contributed by atoms with E-state index in [-0.39, 0.29) is 11.9 Å². The number of carbonyl (C=O) groups excluding carboxylic acids is 1. The summed E-state index contributed by atoms with van der Waals surface area (Å²) >= 11 is 0. The fourth-order valence-electron chi connectivity index (χ4n) is 2.43. The van der Waals surface area contributed by atoms with Gasteiger partial charge < -0.3 is 10.5 Å². The smallest absolute Gasteiger partial charge is 0.239 e. The molecule has 0 unspecified atom stereocenters. The number of unbranched alkanes of at least 4 members (excludes halogenated alkanes) is 2. The van der Waals surface area contributed by atoms with Crippen molar-refractivity contribution in [2.75, 3.05) is 20.2 Å². The van der Waals surface area contributed by atoms with Gasteiger partial charge in [-0.1, -0.05) is 38.8 Å². The van der Waals surface area contributed by atoms with Crippen LogP contribution in [-0.2, 0) is 4.79 Å². The number of primary amides is 1. The fourth-order valence-corrected chi connectivity index (χ4v) is 2.43. The van der Waals surface area contributed by atoms with Gasteiger partial charge in [-0.2, -0.15) is 0 Å². The molecule has 1 aromatic carbocycles. The van der Waals surface area contributed by atoms with Crippen molar-refractivity contribution in [3.63, 3.8) is 0 Å². The van der Waals surface area contributed by atoms with Crippen LogP contribution in [0, 0.1) is 0 Å². The Balaban J connectivity index is 2.95. The van der Waals surface area contributed by atoms with E-state index in [1.807, 2.05) is 24.3 Å². The van der Waals surface area contributed by atoms with Crippen molar-refractivity contribution >= 4 is 5.91 Å². The molecule has 0 spiro atoms. The third kappa shape index (κ3) is 5.38. The van der Waals surface area contributed by atoms with Crippen molar-refractivity contribution in [2.24, 2.45) is 5.73 Å². The summed E-state index contributed by atoms with van der Waals surface area (Å²) in [5.41, 5.74) is 6.61. The molecule has 4 heteroatoms. The average molecular weight is 292 g/mol. The maximum atomic E-state index is 12.0. The standard InChI is InChI=1S/C17H28N2O2/c1-4-6-12-19(13-7-5-2)16(17(18)20)14-8-10-15(21-3)11-9-14/h8-11,16H,4-7,12-13H2,1-3H3,(H2,18,20)/t16-/m0/s1. The van der Waals surface area contributed by atoms with Crippen molar-refractivity contribution in [3.8, 4) is 5.75 Å². The van der Waals surface area contributed by atoms with Gasteiger partial charge in [0.05, 0.1) is 7.11 Å². The lowest BCUT2D eigenvalue weighted by molar-refractivity contribution is -0.123. The Kier molecular flexibility index (Phi) is 7.83. The van der Waals surface area contributed by atoms with Crippen molar-refractivity contribution in [2.45, 2.75) is 45.6 Å². The number of ether oxygens (including phenoxy) is 1. The molecule has 118 valence electrons. The number of rotatable bonds is 10. The van der Waals surface area contributed by atoms with Gasteiger partial charge in [-0.25, -0.2) is 0 Å². The minimum atomic E-state index is -0.353. The van der Waals surface area contributed by atoms with Gasteiger partial charge in [-0.05, 0) is 43.6 Å². The molecular formula is C17H28N2O2. The molecule has 0 heterocycles. The van der Waals surface area contributed by atoms with Gasteiger partial charge in [-0.3, -0.25) is 9.69 Å². The lowest BCUT2D eigenvalue weighted by atomic mass is 10.0. The molecule has 0 aliphatic carbocycles. The predicted molar refractivity (Wildman–Crippen MR) is 86.3 cm³/mol. The van der Waals surface area contributed by atoms with Gasteiger partial charge >= 0.3 is 0 Å². The third-order valence-corrected chi connectivity index (χ3v) is 3.66. The Hall–Kier alpha value is -1.55. The Morgan fingerprint density at radius 3 is 2.05 bits per heavy atom. The average Bonchev–Trinajstić information content (AvgIpc) is 2.50. The van der Waals surface area contributed by atoms with Crippen LogP contribution in [-0.4, -0.2) is 31.0 Å². The molecule has 1 aromatic rings. The van der Waals surface area contributed by atoms with Gasteiger partial charge in [0.25, 0.3) is 0 Å². The summed E-state index contributed by atoms with van der Waals surface area (Å²) in [5.74, 6) is 0.503. The van der Waals surface area contributed by atoms with Crippen LogP contribution in [0.5, 0.6) is 5.75 Å². The van der Waals surface area contributed by atoms with Crippen LogP contribution in [0.25, 0.3) is 0 Å². The summed E-state index contributed by atoms with van der Waals surface area (Å²) in [5, 5.41) is 0. The number of benzene rings is 1. The summed E-state index contributed by atoms with van der Waals surface area (Å²) < 4.78 is 5.17. The van der Waals surface area contributed by atoms with Crippen LogP contribution in [0.3, 0.4) is 0 Å². The van der Waals surface area contributed by atoms with E-state index in [9.17, 15) is 4.79 Å². The Bertz CT molecular complexity index is 409. The summed E-state index contributed by atoms with van der Waals surface area (Å²) in [6, 6.07) is 7.26. The number of nitrogens with two attached hydrogens (primary N) is 1. The minimum absolute atomic E-state index is 0.285. The van der Waals surface area contributed by atoms with E-state index in [2.05, 4.69) is 18.7 Å². The van der Waals surface area contributed by atoms with Crippen LogP contribution in [0.15, 0.2) is 24.3 Å². The second kappa shape index (κ2) is 9.40. The number of hydrogen-bond acceptors (Lipinski definition) is 3. The van der Waals surface area contributed by atoms with Gasteiger partial charge in [0.2, 0.25) is 5.91 Å². The molecule has 21 heavy (non-hydrogen) atoms. The van der Waals surface area contributed by atoms with Gasteiger partial charge in [0, 0.05) is 0 Å². The highest BCUT2D eigenvalue weighted by atomic mass is 16.5. The molecule has 4 nitrogen and oxygen atoms in total. The van der Waals surface area contributed by atoms with Crippen molar-refractivity contribution in [1.82, 2.24) is 4.90 Å². The number of methoxy groups -OCH3 is 1. The molecule has 0 saturated heterocycles. The van der Waals surface area contributed by atoms with Crippen LogP contribution in [0.1, 0.15) is 51.1 Å². The van der Waals surface area contributed by atoms with Crippen molar-refractivity contribution in [1.29, 1.82) is 0 Å². The van der Waals surface area contributed by atoms with Crippen LogP contribution < -0.4 is 10.5 Å². The second-order valence-corrected chi connectivity index (χ2v) is 5.32. The Labute approximate surface area is 128 Å². The van der Waals surface area contributed by atoms with E-state index in [4.69, 9.17) is 10.5 Å². The summed E-state index contributed by atoms with van der Waals surface area (Å²) in [6.45, 7) is 6.11. The molecule has 1 amide bonds. The van der Waals surface area contributed by atoms with Crippen LogP contribution in [0.2, 0.25) is 0 Å². The molecule has 0 aromatic heterocycles. The highest BCUT2D eigenvalue weighted by Gasteiger charge is 2.24. The Morgan fingerprint density at radius 1 is 1.14 bits per heavy atom. The molecule has 1 rings (SSSR count). The van der Waals surface area contributed by atoms with Gasteiger partial charge in [0.1, 0.15) is 11.8 Å². The zero-order valence-corrected chi connectivity index (χ0v) is 13.5. The first-order valence-electron chi connectivity index (χ1n) is 7.81. The molecular weight excluding hydrogens is 264 g/mol. The summed E-state index contributed by atoms with van der Waals surface area (Å²) in [7, 11) is 1.63. The first-order chi connectivity index (χ1) is 10.1. The molecule has 0 fully saturated rings. The van der Waals surface area contributed by atoms with E-state index in [1.54, 1.807) is 7.11 Å². The van der Waals surface area contributed by atoms with Crippen LogP contribution >= 0.6 is 0 Å². The lowest BCUT2D eigenvalue weighted by Crippen LogP contribution is -2.39. The van der Waals surface area contributed by atoms with E-state index >= 15 is 0 Å². The molecule has 0 bridgehead atoms. The monoisotopic (exact) mass is 292 g/mol. The molecule has 0 aliphatic heterocycles. The quantitative estimate of drug-likeness (QED) is 0.721. The molecule has 0 saturated carbocycles. The highest BCUT2D eigenvalue weighted by Crippen LogP contribution is 2.24. The topological polar surface area (TPSA) is 55.6 Å². The summed E-state index contributed by atoms with van der Waals surface area (Å²) in [6.07, 6.45) is 4.36. The van der Waals surface area contributed by atoms with Crippen molar-refractivity contribution < 1.29 is 9.53 Å². The van der Waals surface area contributed by atoms with Gasteiger partial charge in [0.15, 0.2) is 0 Å². The minimum Gasteiger partial charge on any atom is -0.497 e. The van der Waals surface area contributed by atoms with Gasteiger partial charge in [-0.15, -0.1) is 0 Å². The zero-order chi connectivity index (χ0) is 15.7. The van der Waals surface area contributed by atoms with E-state index in [0.717, 1.165) is 50.1 Å². The number of hydrogen-bond donors (Lipinski definition) is 1. The number of carbonyl (C=O) groups is 1. The number of amides is 1. The van der Waals surface area contributed by atoms with E-state index in [0.29, 0.717) is 0 Å². The molecule has 2 N–H and O–H groups in total. The number of nitrogens with zero attached hydrogens (tertiary/aromatic N) is 1. The Morgan fingerprint density at radius 2 is 1.67 bits per heavy atom. The lowest BCUT2D eigenvalue weighted by Gasteiger charge is -2.30. The largest absolute Gasteiger partial charge is 0.497 e. The predicted octanol–water partition coefficient (Wildman–Crippen LogP) is 3.12. The third-order valence-electron chi connectivity index (χ3n) is 3.66. The van der Waals surface area contributed by atoms with E-state index < -0.39 is 0 Å². The maximum Gasteiger partial charge on any atom is 0.239 e. The second-order valence-electron chi connectivity index (χ2n) is 5.32. The zero-order valence-electron chi connectivity index (χ0n) is 13.5. The van der Waals surface area contributed by atoms with E-state index in [1.165, 1.54) is 0 Å². The SMILES string of the molecule is CCCCN(CCCC)[C@H](C(N)=O)c1ccc(OC)cc1. The molecule has 0 aliphatic rings. The van der Waals surface area contributed by atoms with Crippen molar-refractivity contribution in [3.05, 3.63) is 29.8 Å². The first-order valence-corrected chi connectivity index (χ1v) is 7.81. The highest BCUT2D eigenvalue weighted by molar-refractivity contribution is 5.81. The fraction of sp³-hybridized carbons (Fsp3) is 0.588. The first kappa shape index (κ1) is 17.5. The molecule has 1 atom stereocenters. The maximum absolute atomic E-state index is 12.0. The van der Waals surface area contributed by atoms with Crippen LogP contribution in [0.4, 0.5) is 0 Å².